The summed E-state index contributed by atoms with van der Waals surface area (Å²) in [7, 11) is 0. The molecule has 0 radical (unpaired) electrons. The summed E-state index contributed by atoms with van der Waals surface area (Å²) in [6.45, 7) is 3.19. The average molecular weight is 348 g/mol. The number of pyridine rings is 1. The first-order valence-corrected chi connectivity index (χ1v) is 8.68. The molecule has 0 amide bonds. The summed E-state index contributed by atoms with van der Waals surface area (Å²) in [5.74, 6) is 0.958. The van der Waals surface area contributed by atoms with Crippen LogP contribution in [0.25, 0.3) is 0 Å². The van der Waals surface area contributed by atoms with Crippen molar-refractivity contribution in [1.82, 2.24) is 9.99 Å². The molecule has 4 rings (SSSR count). The Morgan fingerprint density at radius 2 is 1.96 bits per heavy atom. The summed E-state index contributed by atoms with van der Waals surface area (Å²) < 4.78 is 5.40. The van der Waals surface area contributed by atoms with Crippen LogP contribution < -0.4 is 4.90 Å². The van der Waals surface area contributed by atoms with Gasteiger partial charge in [-0.15, -0.1) is 0 Å². The van der Waals surface area contributed by atoms with Crippen molar-refractivity contribution in [2.75, 3.05) is 31.2 Å². The molecule has 1 saturated heterocycles. The van der Waals surface area contributed by atoms with Gasteiger partial charge in [-0.05, 0) is 23.3 Å². The molecule has 26 heavy (non-hydrogen) atoms. The topological polar surface area (TPSA) is 58.0 Å². The van der Waals surface area contributed by atoms with Crippen LogP contribution in [-0.2, 0) is 9.53 Å². The van der Waals surface area contributed by atoms with Crippen LogP contribution >= 0.6 is 0 Å². The van der Waals surface area contributed by atoms with Crippen molar-refractivity contribution >= 4 is 18.3 Å². The van der Waals surface area contributed by atoms with E-state index in [1.807, 2.05) is 36.7 Å². The van der Waals surface area contributed by atoms with Gasteiger partial charge in [0.2, 0.25) is 0 Å². The van der Waals surface area contributed by atoms with Gasteiger partial charge in [0, 0.05) is 31.0 Å². The van der Waals surface area contributed by atoms with Crippen molar-refractivity contribution in [3.05, 3.63) is 71.6 Å². The van der Waals surface area contributed by atoms with Gasteiger partial charge in [0.05, 0.1) is 19.4 Å². The van der Waals surface area contributed by atoms with Gasteiger partial charge in [-0.3, -0.25) is 9.80 Å². The highest BCUT2D eigenvalue weighted by Gasteiger charge is 2.25. The molecule has 2 aliphatic rings. The number of ether oxygens (including phenoxy) is 1. The molecule has 0 bridgehead atoms. The van der Waals surface area contributed by atoms with Gasteiger partial charge in [0.25, 0.3) is 0 Å². The molecular weight excluding hydrogens is 328 g/mol. The third-order valence-electron chi connectivity index (χ3n) is 4.62. The molecular formula is C20H20N4O2. The number of anilines is 1. The Labute approximate surface area is 152 Å². The van der Waals surface area contributed by atoms with Crippen LogP contribution in [0, 0.1) is 0 Å². The second-order valence-electron chi connectivity index (χ2n) is 6.18. The molecule has 1 unspecified atom stereocenters. The molecule has 1 fully saturated rings. The number of carbonyl (C=O) groups is 1. The van der Waals surface area contributed by atoms with E-state index >= 15 is 0 Å². The van der Waals surface area contributed by atoms with Gasteiger partial charge in [0.1, 0.15) is 18.1 Å². The maximum absolute atomic E-state index is 10.8. The zero-order valence-electron chi connectivity index (χ0n) is 14.4. The molecule has 6 heteroatoms. The molecule has 1 aromatic carbocycles. The Bertz CT molecular complexity index is 826. The summed E-state index contributed by atoms with van der Waals surface area (Å²) in [6, 6.07) is 12.2. The van der Waals surface area contributed by atoms with E-state index in [0.29, 0.717) is 0 Å². The number of morpholine rings is 1. The van der Waals surface area contributed by atoms with Gasteiger partial charge in [-0.25, -0.2) is 4.98 Å². The van der Waals surface area contributed by atoms with Crippen molar-refractivity contribution in [2.45, 2.75) is 6.04 Å². The standard InChI is InChI=1S/C20H20N4O2/c25-11-3-8-24-20(18-5-2-1-4-16(18)15-22-24)17-6-7-19(21-14-17)23-9-12-26-13-10-23/h1-8,11,14-15,20H,9-10,12-13H2. The van der Waals surface area contributed by atoms with E-state index in [2.05, 4.69) is 27.1 Å². The van der Waals surface area contributed by atoms with E-state index in [9.17, 15) is 4.79 Å². The largest absolute Gasteiger partial charge is 0.378 e. The van der Waals surface area contributed by atoms with Gasteiger partial charge in [0.15, 0.2) is 0 Å². The van der Waals surface area contributed by atoms with E-state index in [4.69, 9.17) is 4.74 Å². The van der Waals surface area contributed by atoms with Crippen LogP contribution in [0.4, 0.5) is 5.82 Å². The third-order valence-corrected chi connectivity index (χ3v) is 4.62. The highest BCUT2D eigenvalue weighted by Crippen LogP contribution is 2.34. The number of aromatic nitrogens is 1. The fraction of sp³-hybridized carbons (Fsp3) is 0.250. The van der Waals surface area contributed by atoms with Crippen molar-refractivity contribution < 1.29 is 9.53 Å². The molecule has 2 aromatic rings. The van der Waals surface area contributed by atoms with E-state index < -0.39 is 0 Å². The minimum absolute atomic E-state index is 0.112. The van der Waals surface area contributed by atoms with Gasteiger partial charge < -0.3 is 9.64 Å². The van der Waals surface area contributed by atoms with Gasteiger partial charge in [-0.2, -0.15) is 5.10 Å². The highest BCUT2D eigenvalue weighted by atomic mass is 16.5. The van der Waals surface area contributed by atoms with Gasteiger partial charge in [-0.1, -0.05) is 30.3 Å². The van der Waals surface area contributed by atoms with E-state index in [1.54, 1.807) is 11.2 Å². The summed E-state index contributed by atoms with van der Waals surface area (Å²) in [4.78, 5) is 17.7. The number of aldehydes is 1. The quantitative estimate of drug-likeness (QED) is 0.627. The number of allylic oxidation sites excluding steroid dienone is 1. The monoisotopic (exact) mass is 348 g/mol. The average Bonchev–Trinajstić information content (AvgIpc) is 2.72. The van der Waals surface area contributed by atoms with Crippen molar-refractivity contribution in [3.63, 3.8) is 0 Å². The Kier molecular flexibility index (Phi) is 4.75. The zero-order valence-corrected chi connectivity index (χ0v) is 14.4. The number of rotatable bonds is 4. The SMILES string of the molecule is O=CC=CN1N=Cc2ccccc2C1c1ccc(N2CCOCC2)nc1. The number of benzene rings is 1. The summed E-state index contributed by atoms with van der Waals surface area (Å²) in [5, 5.41) is 6.28. The van der Waals surface area contributed by atoms with Crippen molar-refractivity contribution in [1.29, 1.82) is 0 Å². The Morgan fingerprint density at radius 1 is 1.12 bits per heavy atom. The lowest BCUT2D eigenvalue weighted by Crippen LogP contribution is -2.36. The lowest BCUT2D eigenvalue weighted by atomic mass is 9.94. The van der Waals surface area contributed by atoms with Crippen LogP contribution in [0.2, 0.25) is 0 Å². The van der Waals surface area contributed by atoms with Gasteiger partial charge >= 0.3 is 0 Å². The van der Waals surface area contributed by atoms with Crippen LogP contribution in [0.15, 0.2) is 60.0 Å². The second-order valence-corrected chi connectivity index (χ2v) is 6.18. The molecule has 0 aliphatic carbocycles. The van der Waals surface area contributed by atoms with Crippen molar-refractivity contribution in [3.8, 4) is 0 Å². The predicted molar refractivity (Wildman–Crippen MR) is 100 cm³/mol. The number of hydrogen-bond donors (Lipinski definition) is 0. The Morgan fingerprint density at radius 3 is 2.73 bits per heavy atom. The smallest absolute Gasteiger partial charge is 0.144 e. The fourth-order valence-corrected chi connectivity index (χ4v) is 3.33. The normalized spacial score (nSPS) is 19.6. The number of hydrazone groups is 1. The van der Waals surface area contributed by atoms with Crippen LogP contribution in [0.1, 0.15) is 22.7 Å². The summed E-state index contributed by atoms with van der Waals surface area (Å²) in [6.07, 6.45) is 7.62. The summed E-state index contributed by atoms with van der Waals surface area (Å²) in [5.41, 5.74) is 3.24. The van der Waals surface area contributed by atoms with Crippen LogP contribution in [-0.4, -0.2) is 48.8 Å². The first-order valence-electron chi connectivity index (χ1n) is 8.68. The maximum atomic E-state index is 10.8. The number of nitrogens with zero attached hydrogens (tertiary/aromatic N) is 4. The zero-order chi connectivity index (χ0) is 17.8. The minimum atomic E-state index is -0.112. The van der Waals surface area contributed by atoms with E-state index in [0.717, 1.165) is 55.1 Å². The molecule has 1 atom stereocenters. The second kappa shape index (κ2) is 7.49. The predicted octanol–water partition coefficient (Wildman–Crippen LogP) is 2.37. The van der Waals surface area contributed by atoms with Crippen LogP contribution in [0.5, 0.6) is 0 Å². The van der Waals surface area contributed by atoms with Crippen molar-refractivity contribution in [2.24, 2.45) is 5.10 Å². The molecule has 3 heterocycles. The molecule has 1 aromatic heterocycles. The molecule has 2 aliphatic heterocycles. The molecule has 0 saturated carbocycles. The first kappa shape index (κ1) is 16.5. The molecule has 0 N–H and O–H groups in total. The number of fused-ring (bicyclic) bond motifs is 1. The third kappa shape index (κ3) is 3.23. The maximum Gasteiger partial charge on any atom is 0.144 e. The molecule has 6 nitrogen and oxygen atoms in total. The minimum Gasteiger partial charge on any atom is -0.378 e. The Balaban J connectivity index is 1.67. The van der Waals surface area contributed by atoms with E-state index in [1.165, 1.54) is 6.08 Å². The Hall–Kier alpha value is -2.99. The van der Waals surface area contributed by atoms with E-state index in [-0.39, 0.29) is 6.04 Å². The molecule has 0 spiro atoms. The highest BCUT2D eigenvalue weighted by molar-refractivity contribution is 5.83. The lowest BCUT2D eigenvalue weighted by molar-refractivity contribution is -0.104. The van der Waals surface area contributed by atoms with Crippen LogP contribution in [0.3, 0.4) is 0 Å². The summed E-state index contributed by atoms with van der Waals surface area (Å²) >= 11 is 0. The lowest BCUT2D eigenvalue weighted by Gasteiger charge is -2.32. The molecule has 132 valence electrons. The number of hydrogen-bond acceptors (Lipinski definition) is 6. The fourth-order valence-electron chi connectivity index (χ4n) is 3.33. The number of carbonyl (C=O) groups excluding carboxylic acids is 1. The first-order chi connectivity index (χ1) is 12.9.